The van der Waals surface area contributed by atoms with Crippen molar-refractivity contribution in [2.24, 2.45) is 0 Å². The van der Waals surface area contributed by atoms with E-state index in [1.165, 1.54) is 0 Å². The second kappa shape index (κ2) is 5.65. The highest BCUT2D eigenvalue weighted by Crippen LogP contribution is 2.22. The molecule has 0 heterocycles. The number of rotatable bonds is 3. The number of carbonyl (C=O) groups excluding carboxylic acids is 1. The number of anilines is 2. The molecule has 4 nitrogen and oxygen atoms in total. The Kier molecular flexibility index (Phi) is 3.94. The number of nitrogens with two attached hydrogens (primary N) is 1. The predicted octanol–water partition coefficient (Wildman–Crippen LogP) is 3.10. The highest BCUT2D eigenvalue weighted by atomic mass is 16.3. The topological polar surface area (TPSA) is 75.3 Å². The zero-order chi connectivity index (χ0) is 14.7. The van der Waals surface area contributed by atoms with Crippen molar-refractivity contribution >= 4 is 17.3 Å². The van der Waals surface area contributed by atoms with Crippen LogP contribution in [0.15, 0.2) is 36.4 Å². The molecule has 0 saturated carbocycles. The van der Waals surface area contributed by atoms with E-state index in [9.17, 15) is 9.90 Å². The minimum Gasteiger partial charge on any atom is -0.508 e. The number of amides is 1. The summed E-state index contributed by atoms with van der Waals surface area (Å²) in [6, 6.07) is 10.3. The third-order valence-electron chi connectivity index (χ3n) is 3.33. The number of nitrogens with one attached hydrogen (secondary N) is 1. The number of aromatic hydroxyl groups is 1. The molecule has 0 aromatic heterocycles. The molecule has 0 aliphatic rings. The SMILES string of the molecule is CCc1ccc(NC(=O)c2cccc(O)c2C)cc1N. The van der Waals surface area contributed by atoms with Crippen LogP contribution in [0.25, 0.3) is 0 Å². The lowest BCUT2D eigenvalue weighted by molar-refractivity contribution is 0.102. The van der Waals surface area contributed by atoms with Crippen molar-refractivity contribution in [1.82, 2.24) is 0 Å². The average Bonchev–Trinajstić information content (AvgIpc) is 2.42. The lowest BCUT2D eigenvalue weighted by Crippen LogP contribution is -2.13. The van der Waals surface area contributed by atoms with Crippen LogP contribution in [0.3, 0.4) is 0 Å². The van der Waals surface area contributed by atoms with Crippen molar-refractivity contribution < 1.29 is 9.90 Å². The van der Waals surface area contributed by atoms with Gasteiger partial charge in [0.1, 0.15) is 5.75 Å². The lowest BCUT2D eigenvalue weighted by Gasteiger charge is -2.10. The summed E-state index contributed by atoms with van der Waals surface area (Å²) in [5.74, 6) is -0.152. The van der Waals surface area contributed by atoms with Gasteiger partial charge in [-0.25, -0.2) is 0 Å². The van der Waals surface area contributed by atoms with E-state index >= 15 is 0 Å². The number of phenols is 1. The number of benzene rings is 2. The van der Waals surface area contributed by atoms with Gasteiger partial charge >= 0.3 is 0 Å². The molecule has 0 radical (unpaired) electrons. The minimum atomic E-state index is -0.262. The molecule has 2 rings (SSSR count). The number of aryl methyl sites for hydroxylation is 1. The highest BCUT2D eigenvalue weighted by molar-refractivity contribution is 6.05. The quantitative estimate of drug-likeness (QED) is 0.750. The summed E-state index contributed by atoms with van der Waals surface area (Å²) >= 11 is 0. The van der Waals surface area contributed by atoms with Crippen LogP contribution >= 0.6 is 0 Å². The van der Waals surface area contributed by atoms with E-state index in [-0.39, 0.29) is 11.7 Å². The molecular formula is C16H18N2O2. The summed E-state index contributed by atoms with van der Waals surface area (Å²) in [4.78, 5) is 12.2. The predicted molar refractivity (Wildman–Crippen MR) is 81.0 cm³/mol. The third-order valence-corrected chi connectivity index (χ3v) is 3.33. The first-order valence-electron chi connectivity index (χ1n) is 6.51. The fraction of sp³-hybridized carbons (Fsp3) is 0.188. The van der Waals surface area contributed by atoms with E-state index in [4.69, 9.17) is 5.73 Å². The molecule has 1 amide bonds. The van der Waals surface area contributed by atoms with Gasteiger partial charge in [-0.3, -0.25) is 4.79 Å². The van der Waals surface area contributed by atoms with Crippen LogP contribution in [-0.2, 0) is 6.42 Å². The molecule has 104 valence electrons. The zero-order valence-electron chi connectivity index (χ0n) is 11.6. The Balaban J connectivity index is 2.24. The van der Waals surface area contributed by atoms with Gasteiger partial charge in [0, 0.05) is 22.5 Å². The Hall–Kier alpha value is -2.49. The molecule has 0 aliphatic carbocycles. The largest absolute Gasteiger partial charge is 0.508 e. The first kappa shape index (κ1) is 13.9. The fourth-order valence-electron chi connectivity index (χ4n) is 2.06. The van der Waals surface area contributed by atoms with Gasteiger partial charge in [-0.05, 0) is 43.2 Å². The van der Waals surface area contributed by atoms with Gasteiger partial charge in [-0.15, -0.1) is 0 Å². The summed E-state index contributed by atoms with van der Waals surface area (Å²) < 4.78 is 0. The number of hydrogen-bond acceptors (Lipinski definition) is 3. The van der Waals surface area contributed by atoms with Gasteiger partial charge in [0.05, 0.1) is 0 Å². The van der Waals surface area contributed by atoms with Crippen molar-refractivity contribution in [2.45, 2.75) is 20.3 Å². The van der Waals surface area contributed by atoms with Crippen molar-refractivity contribution in [1.29, 1.82) is 0 Å². The molecule has 20 heavy (non-hydrogen) atoms. The number of phenolic OH excluding ortho intramolecular Hbond substituents is 1. The van der Waals surface area contributed by atoms with Crippen molar-refractivity contribution in [3.63, 3.8) is 0 Å². The van der Waals surface area contributed by atoms with Crippen LogP contribution in [0.5, 0.6) is 5.75 Å². The van der Waals surface area contributed by atoms with Crippen molar-refractivity contribution in [2.75, 3.05) is 11.1 Å². The second-order valence-electron chi connectivity index (χ2n) is 4.67. The summed E-state index contributed by atoms with van der Waals surface area (Å²) in [5, 5.41) is 12.4. The molecule has 4 N–H and O–H groups in total. The molecule has 0 atom stereocenters. The molecule has 0 saturated heterocycles. The van der Waals surface area contributed by atoms with Gasteiger partial charge in [0.25, 0.3) is 5.91 Å². The lowest BCUT2D eigenvalue weighted by atomic mass is 10.1. The average molecular weight is 270 g/mol. The summed E-state index contributed by atoms with van der Waals surface area (Å²) in [7, 11) is 0. The van der Waals surface area contributed by atoms with Gasteiger partial charge < -0.3 is 16.2 Å². The van der Waals surface area contributed by atoms with Gasteiger partial charge in [0.2, 0.25) is 0 Å². The first-order chi connectivity index (χ1) is 9.52. The standard InChI is InChI=1S/C16H18N2O2/c1-3-11-7-8-12(9-14(11)17)18-16(20)13-5-4-6-15(19)10(13)2/h4-9,19H,3,17H2,1-2H3,(H,18,20). The zero-order valence-corrected chi connectivity index (χ0v) is 11.6. The van der Waals surface area contributed by atoms with E-state index in [0.29, 0.717) is 22.5 Å². The molecule has 0 spiro atoms. The van der Waals surface area contributed by atoms with Crippen LogP contribution in [0.1, 0.15) is 28.4 Å². The Labute approximate surface area is 118 Å². The molecule has 2 aromatic carbocycles. The van der Waals surface area contributed by atoms with E-state index < -0.39 is 0 Å². The maximum absolute atomic E-state index is 12.2. The van der Waals surface area contributed by atoms with Crippen LogP contribution < -0.4 is 11.1 Å². The number of nitrogen functional groups attached to an aromatic ring is 1. The molecule has 0 unspecified atom stereocenters. The van der Waals surface area contributed by atoms with Crippen LogP contribution in [0, 0.1) is 6.92 Å². The molecular weight excluding hydrogens is 252 g/mol. The summed E-state index contributed by atoms with van der Waals surface area (Å²) in [6.07, 6.45) is 0.853. The summed E-state index contributed by atoms with van der Waals surface area (Å²) in [6.45, 7) is 3.73. The highest BCUT2D eigenvalue weighted by Gasteiger charge is 2.12. The van der Waals surface area contributed by atoms with E-state index in [2.05, 4.69) is 5.32 Å². The third kappa shape index (κ3) is 2.74. The second-order valence-corrected chi connectivity index (χ2v) is 4.67. The van der Waals surface area contributed by atoms with Crippen molar-refractivity contribution in [3.05, 3.63) is 53.1 Å². The number of carbonyl (C=O) groups is 1. The van der Waals surface area contributed by atoms with E-state index in [0.717, 1.165) is 12.0 Å². The summed E-state index contributed by atoms with van der Waals surface area (Å²) in [5.41, 5.74) is 9.28. The fourth-order valence-corrected chi connectivity index (χ4v) is 2.06. The molecule has 0 bridgehead atoms. The number of hydrogen-bond donors (Lipinski definition) is 3. The van der Waals surface area contributed by atoms with E-state index in [1.54, 1.807) is 31.2 Å². The van der Waals surface area contributed by atoms with E-state index in [1.807, 2.05) is 19.1 Å². The Morgan fingerprint density at radius 1 is 1.30 bits per heavy atom. The molecule has 4 heteroatoms. The monoisotopic (exact) mass is 270 g/mol. The van der Waals surface area contributed by atoms with Gasteiger partial charge in [-0.1, -0.05) is 19.1 Å². The van der Waals surface area contributed by atoms with Gasteiger partial charge in [-0.2, -0.15) is 0 Å². The Morgan fingerprint density at radius 3 is 2.70 bits per heavy atom. The van der Waals surface area contributed by atoms with Crippen LogP contribution in [0.2, 0.25) is 0 Å². The smallest absolute Gasteiger partial charge is 0.256 e. The van der Waals surface area contributed by atoms with Gasteiger partial charge in [0.15, 0.2) is 0 Å². The normalized spacial score (nSPS) is 10.3. The van der Waals surface area contributed by atoms with Crippen LogP contribution in [0.4, 0.5) is 11.4 Å². The Bertz CT molecular complexity index is 651. The maximum atomic E-state index is 12.2. The molecule has 0 fully saturated rings. The maximum Gasteiger partial charge on any atom is 0.256 e. The van der Waals surface area contributed by atoms with Crippen LogP contribution in [-0.4, -0.2) is 11.0 Å². The van der Waals surface area contributed by atoms with Crippen molar-refractivity contribution in [3.8, 4) is 5.75 Å². The molecule has 2 aromatic rings. The Morgan fingerprint density at radius 2 is 2.05 bits per heavy atom. The minimum absolute atomic E-state index is 0.110. The first-order valence-corrected chi connectivity index (χ1v) is 6.51. The molecule has 0 aliphatic heterocycles.